The molecule has 3 rings (SSSR count). The summed E-state index contributed by atoms with van der Waals surface area (Å²) in [6.07, 6.45) is 0. The number of hydrogen-bond donors (Lipinski definition) is 3. The van der Waals surface area contributed by atoms with Crippen LogP contribution in [0, 0.1) is 0 Å². The molecule has 0 unspecified atom stereocenters. The lowest BCUT2D eigenvalue weighted by atomic mass is 9.87. The van der Waals surface area contributed by atoms with Crippen LogP contribution in [-0.4, -0.2) is 22.9 Å². The molecule has 2 amide bonds. The highest BCUT2D eigenvalue weighted by molar-refractivity contribution is 6.34. The molecule has 0 radical (unpaired) electrons. The molecule has 0 fully saturated rings. The lowest BCUT2D eigenvalue weighted by molar-refractivity contribution is 0.0697. The Morgan fingerprint density at radius 1 is 0.781 bits per heavy atom. The summed E-state index contributed by atoms with van der Waals surface area (Å²) in [5.74, 6) is -2.04. The average Bonchev–Trinajstić information content (AvgIpc) is 2.75. The van der Waals surface area contributed by atoms with Crippen LogP contribution in [-0.2, 0) is 5.41 Å². The standard InChI is InChI=1S/C25H23ClN2O4/c1-25(2,3)17-11-8-15(9-12-17)22(29)28-21-14-16(10-13-19(21)26)23(30)27-20-7-5-4-6-18(20)24(31)32/h4-14H,1-3H3,(H,27,30)(H,28,29)(H,31,32). The molecule has 0 aliphatic carbocycles. The molecule has 0 aliphatic heterocycles. The number of carboxylic acids is 1. The number of rotatable bonds is 5. The van der Waals surface area contributed by atoms with E-state index < -0.39 is 11.9 Å². The number of para-hydroxylation sites is 1. The predicted octanol–water partition coefficient (Wildman–Crippen LogP) is 5.84. The normalized spacial score (nSPS) is 11.0. The number of aromatic carboxylic acids is 1. The summed E-state index contributed by atoms with van der Waals surface area (Å²) in [6, 6.07) is 17.8. The number of benzene rings is 3. The molecule has 7 heteroatoms. The molecular weight excluding hydrogens is 428 g/mol. The van der Waals surface area contributed by atoms with Crippen LogP contribution >= 0.6 is 11.6 Å². The van der Waals surface area contributed by atoms with Gasteiger partial charge in [0.15, 0.2) is 0 Å². The molecule has 0 atom stereocenters. The number of nitrogens with one attached hydrogen (secondary N) is 2. The SMILES string of the molecule is CC(C)(C)c1ccc(C(=O)Nc2cc(C(=O)Nc3ccccc3C(=O)O)ccc2Cl)cc1. The number of anilines is 2. The van der Waals surface area contributed by atoms with Crippen molar-refractivity contribution in [3.05, 3.63) is 94.0 Å². The maximum atomic E-state index is 12.7. The summed E-state index contributed by atoms with van der Waals surface area (Å²) >= 11 is 6.22. The fourth-order valence-corrected chi connectivity index (χ4v) is 3.22. The molecule has 0 aromatic heterocycles. The van der Waals surface area contributed by atoms with Gasteiger partial charge >= 0.3 is 5.97 Å². The van der Waals surface area contributed by atoms with Gasteiger partial charge in [-0.1, -0.05) is 56.6 Å². The summed E-state index contributed by atoms with van der Waals surface area (Å²) in [5, 5.41) is 14.9. The van der Waals surface area contributed by atoms with E-state index >= 15 is 0 Å². The van der Waals surface area contributed by atoms with Gasteiger partial charge in [0.1, 0.15) is 0 Å². The second-order valence-electron chi connectivity index (χ2n) is 8.28. The highest BCUT2D eigenvalue weighted by Crippen LogP contribution is 2.26. The minimum Gasteiger partial charge on any atom is -0.478 e. The van der Waals surface area contributed by atoms with Gasteiger partial charge in [-0.25, -0.2) is 4.79 Å². The van der Waals surface area contributed by atoms with Crippen LogP contribution in [0.4, 0.5) is 11.4 Å². The fraction of sp³-hybridized carbons (Fsp3) is 0.160. The lowest BCUT2D eigenvalue weighted by Gasteiger charge is -2.19. The van der Waals surface area contributed by atoms with Gasteiger partial charge in [-0.2, -0.15) is 0 Å². The summed E-state index contributed by atoms with van der Waals surface area (Å²) in [6.45, 7) is 6.27. The second-order valence-corrected chi connectivity index (χ2v) is 8.69. The zero-order valence-electron chi connectivity index (χ0n) is 17.9. The smallest absolute Gasteiger partial charge is 0.337 e. The van der Waals surface area contributed by atoms with E-state index in [0.29, 0.717) is 5.56 Å². The maximum absolute atomic E-state index is 12.7. The van der Waals surface area contributed by atoms with Crippen molar-refractivity contribution in [3.63, 3.8) is 0 Å². The molecule has 32 heavy (non-hydrogen) atoms. The molecule has 0 bridgehead atoms. The Morgan fingerprint density at radius 3 is 1.97 bits per heavy atom. The van der Waals surface area contributed by atoms with Gasteiger partial charge in [-0.15, -0.1) is 0 Å². The van der Waals surface area contributed by atoms with Crippen LogP contribution in [0.5, 0.6) is 0 Å². The van der Waals surface area contributed by atoms with Gasteiger partial charge in [0.05, 0.1) is 22.0 Å². The molecule has 3 N–H and O–H groups in total. The Labute approximate surface area is 191 Å². The number of carboxylic acid groups (broad SMARTS) is 1. The number of carbonyl (C=O) groups excluding carboxylic acids is 2. The lowest BCUT2D eigenvalue weighted by Crippen LogP contribution is -2.17. The molecule has 0 saturated heterocycles. The summed E-state index contributed by atoms with van der Waals surface area (Å²) in [7, 11) is 0. The van der Waals surface area contributed by atoms with E-state index in [1.54, 1.807) is 24.3 Å². The fourth-order valence-electron chi connectivity index (χ4n) is 3.05. The van der Waals surface area contributed by atoms with Crippen LogP contribution < -0.4 is 10.6 Å². The van der Waals surface area contributed by atoms with E-state index in [1.807, 2.05) is 12.1 Å². The first-order chi connectivity index (χ1) is 15.1. The first-order valence-electron chi connectivity index (χ1n) is 9.91. The first kappa shape index (κ1) is 23.0. The van der Waals surface area contributed by atoms with E-state index in [9.17, 15) is 19.5 Å². The average molecular weight is 451 g/mol. The minimum absolute atomic E-state index is 0.0259. The third-order valence-electron chi connectivity index (χ3n) is 4.90. The number of hydrogen-bond acceptors (Lipinski definition) is 3. The zero-order valence-corrected chi connectivity index (χ0v) is 18.7. The van der Waals surface area contributed by atoms with Gasteiger partial charge in [-0.05, 0) is 53.4 Å². The monoisotopic (exact) mass is 450 g/mol. The Bertz CT molecular complexity index is 1180. The Balaban J connectivity index is 1.79. The van der Waals surface area contributed by atoms with Crippen molar-refractivity contribution in [3.8, 4) is 0 Å². The Hall–Kier alpha value is -3.64. The molecule has 164 valence electrons. The van der Waals surface area contributed by atoms with E-state index in [0.717, 1.165) is 5.56 Å². The maximum Gasteiger partial charge on any atom is 0.337 e. The van der Waals surface area contributed by atoms with Gasteiger partial charge in [0.25, 0.3) is 11.8 Å². The first-order valence-corrected chi connectivity index (χ1v) is 10.3. The van der Waals surface area contributed by atoms with Crippen molar-refractivity contribution < 1.29 is 19.5 Å². The summed E-state index contributed by atoms with van der Waals surface area (Å²) in [5.41, 5.74) is 2.17. The van der Waals surface area contributed by atoms with Crippen LogP contribution in [0.25, 0.3) is 0 Å². The van der Waals surface area contributed by atoms with E-state index in [4.69, 9.17) is 11.6 Å². The van der Waals surface area contributed by atoms with Gasteiger partial charge in [0, 0.05) is 11.1 Å². The molecule has 3 aromatic carbocycles. The second kappa shape index (κ2) is 9.24. The third-order valence-corrected chi connectivity index (χ3v) is 5.23. The van der Waals surface area contributed by atoms with E-state index in [-0.39, 0.29) is 38.8 Å². The van der Waals surface area contributed by atoms with Crippen LogP contribution in [0.2, 0.25) is 5.02 Å². The van der Waals surface area contributed by atoms with Crippen molar-refractivity contribution in [1.82, 2.24) is 0 Å². The number of halogens is 1. The predicted molar refractivity (Wildman–Crippen MR) is 126 cm³/mol. The zero-order chi connectivity index (χ0) is 23.5. The quantitative estimate of drug-likeness (QED) is 0.455. The topological polar surface area (TPSA) is 95.5 Å². The summed E-state index contributed by atoms with van der Waals surface area (Å²) in [4.78, 5) is 36.7. The molecule has 3 aromatic rings. The minimum atomic E-state index is -1.15. The van der Waals surface area contributed by atoms with Gasteiger partial charge < -0.3 is 15.7 Å². The van der Waals surface area contributed by atoms with Crippen LogP contribution in [0.3, 0.4) is 0 Å². The van der Waals surface area contributed by atoms with Crippen molar-refractivity contribution in [2.75, 3.05) is 10.6 Å². The van der Waals surface area contributed by atoms with Gasteiger partial charge in [0.2, 0.25) is 0 Å². The van der Waals surface area contributed by atoms with E-state index in [1.165, 1.54) is 30.3 Å². The molecule has 0 aliphatic rings. The molecule has 6 nitrogen and oxygen atoms in total. The molecule has 0 spiro atoms. The molecular formula is C25H23ClN2O4. The van der Waals surface area contributed by atoms with Crippen LogP contribution in [0.15, 0.2) is 66.7 Å². The number of amides is 2. The van der Waals surface area contributed by atoms with Crippen molar-refractivity contribution in [2.45, 2.75) is 26.2 Å². The largest absolute Gasteiger partial charge is 0.478 e. The molecule has 0 heterocycles. The van der Waals surface area contributed by atoms with Crippen molar-refractivity contribution >= 4 is 40.8 Å². The van der Waals surface area contributed by atoms with Crippen molar-refractivity contribution in [2.24, 2.45) is 0 Å². The molecule has 0 saturated carbocycles. The highest BCUT2D eigenvalue weighted by Gasteiger charge is 2.17. The Kier molecular flexibility index (Phi) is 6.65. The summed E-state index contributed by atoms with van der Waals surface area (Å²) < 4.78 is 0. The van der Waals surface area contributed by atoms with Crippen LogP contribution in [0.1, 0.15) is 57.4 Å². The highest BCUT2D eigenvalue weighted by atomic mass is 35.5. The van der Waals surface area contributed by atoms with Crippen molar-refractivity contribution in [1.29, 1.82) is 0 Å². The van der Waals surface area contributed by atoms with Gasteiger partial charge in [-0.3, -0.25) is 9.59 Å². The van der Waals surface area contributed by atoms with E-state index in [2.05, 4.69) is 31.4 Å². The Morgan fingerprint density at radius 2 is 1.34 bits per heavy atom. The third kappa shape index (κ3) is 5.34. The number of carbonyl (C=O) groups is 3.